The Morgan fingerprint density at radius 2 is 1.16 bits per heavy atom. The van der Waals surface area contributed by atoms with E-state index in [0.29, 0.717) is 6.42 Å². The standard InChI is InChI=1S/C31H53N9O5/c1-18(2)15-23(28(43)37-22(26(32)41)13-10-14-36-31(33)34)39-29(44)24(16-19(3)4)40-30(45)25(38-27(42)20(5)35-6)17-21-11-8-7-9-12-21/h7-9,11-12,18-20,22-25,35H,10,13-17H2,1-6H3,(H2,32,41)(H,37,43)(H,38,42)(H,39,44)(H,40,45)(H4,33,34,36)/t20-,22-,23-,24-,25-/m0/s1. The number of hydrogen-bond donors (Lipinski definition) is 8. The molecule has 0 heterocycles. The lowest BCUT2D eigenvalue weighted by atomic mass is 9.98. The predicted molar refractivity (Wildman–Crippen MR) is 174 cm³/mol. The fraction of sp³-hybridized carbons (Fsp3) is 0.613. The van der Waals surface area contributed by atoms with E-state index in [2.05, 4.69) is 31.6 Å². The molecule has 1 aromatic rings. The first-order valence-electron chi connectivity index (χ1n) is 15.4. The molecule has 0 unspecified atom stereocenters. The van der Waals surface area contributed by atoms with Crippen LogP contribution in [0.15, 0.2) is 35.3 Å². The maximum absolute atomic E-state index is 13.6. The van der Waals surface area contributed by atoms with Crippen LogP contribution in [0.2, 0.25) is 0 Å². The van der Waals surface area contributed by atoms with Crippen molar-refractivity contribution in [2.75, 3.05) is 13.6 Å². The highest BCUT2D eigenvalue weighted by Gasteiger charge is 2.32. The number of hydrogen-bond acceptors (Lipinski definition) is 7. The van der Waals surface area contributed by atoms with Gasteiger partial charge in [0.15, 0.2) is 5.96 Å². The third kappa shape index (κ3) is 15.4. The number of likely N-dealkylation sites (N-methyl/N-ethyl adjacent to an activating group) is 1. The maximum Gasteiger partial charge on any atom is 0.243 e. The highest BCUT2D eigenvalue weighted by molar-refractivity contribution is 5.95. The number of benzene rings is 1. The van der Waals surface area contributed by atoms with Gasteiger partial charge in [0.2, 0.25) is 29.5 Å². The molecule has 5 atom stereocenters. The van der Waals surface area contributed by atoms with Crippen LogP contribution in [-0.2, 0) is 30.4 Å². The van der Waals surface area contributed by atoms with Crippen molar-refractivity contribution in [1.82, 2.24) is 26.6 Å². The van der Waals surface area contributed by atoms with Crippen LogP contribution in [0.3, 0.4) is 0 Å². The fourth-order valence-electron chi connectivity index (χ4n) is 4.50. The zero-order valence-corrected chi connectivity index (χ0v) is 27.4. The van der Waals surface area contributed by atoms with E-state index in [0.717, 1.165) is 5.56 Å². The molecule has 0 saturated heterocycles. The largest absolute Gasteiger partial charge is 0.370 e. The summed E-state index contributed by atoms with van der Waals surface area (Å²) in [5.41, 5.74) is 17.0. The highest BCUT2D eigenvalue weighted by atomic mass is 16.2. The minimum Gasteiger partial charge on any atom is -0.370 e. The lowest BCUT2D eigenvalue weighted by molar-refractivity contribution is -0.135. The molecular weight excluding hydrogens is 578 g/mol. The van der Waals surface area contributed by atoms with Crippen molar-refractivity contribution in [2.24, 2.45) is 34.0 Å². The van der Waals surface area contributed by atoms with Gasteiger partial charge in [0.25, 0.3) is 0 Å². The number of carbonyl (C=O) groups is 5. The maximum atomic E-state index is 13.6. The van der Waals surface area contributed by atoms with E-state index in [-0.39, 0.29) is 55.9 Å². The number of primary amides is 1. The number of guanidine groups is 1. The first-order valence-corrected chi connectivity index (χ1v) is 15.4. The molecule has 1 rings (SSSR count). The van der Waals surface area contributed by atoms with Gasteiger partial charge in [-0.05, 0) is 57.1 Å². The number of carbonyl (C=O) groups excluding carboxylic acids is 5. The van der Waals surface area contributed by atoms with Gasteiger partial charge in [0.1, 0.15) is 24.2 Å². The molecule has 5 amide bonds. The number of nitrogens with two attached hydrogens (primary N) is 3. The summed E-state index contributed by atoms with van der Waals surface area (Å²) in [6, 6.07) is 4.73. The SMILES string of the molecule is CN[C@@H](C)C(=O)N[C@@H](Cc1ccccc1)C(=O)N[C@@H](CC(C)C)C(=O)N[C@@H](CC(C)C)C(=O)N[C@@H](CCCN=C(N)N)C(N)=O. The van der Waals surface area contributed by atoms with Gasteiger partial charge < -0.3 is 43.8 Å². The molecule has 14 heteroatoms. The average molecular weight is 632 g/mol. The molecule has 0 spiro atoms. The molecule has 252 valence electrons. The number of nitrogens with one attached hydrogen (secondary N) is 5. The van der Waals surface area contributed by atoms with Crippen LogP contribution < -0.4 is 43.8 Å². The van der Waals surface area contributed by atoms with Crippen LogP contribution in [0, 0.1) is 11.8 Å². The van der Waals surface area contributed by atoms with E-state index < -0.39 is 53.8 Å². The van der Waals surface area contributed by atoms with Crippen molar-refractivity contribution >= 4 is 35.5 Å². The first kappa shape index (κ1) is 38.8. The van der Waals surface area contributed by atoms with Gasteiger partial charge >= 0.3 is 0 Å². The van der Waals surface area contributed by atoms with Crippen molar-refractivity contribution in [2.45, 2.75) is 96.9 Å². The topological polar surface area (TPSA) is 236 Å². The Labute approximate surface area is 266 Å². The zero-order valence-electron chi connectivity index (χ0n) is 27.4. The van der Waals surface area contributed by atoms with Gasteiger partial charge in [-0.25, -0.2) is 0 Å². The molecule has 0 fully saturated rings. The normalized spacial score (nSPS) is 14.4. The number of nitrogens with zero attached hydrogens (tertiary/aromatic N) is 1. The first-order chi connectivity index (χ1) is 21.1. The van der Waals surface area contributed by atoms with Crippen LogP contribution in [0.4, 0.5) is 0 Å². The van der Waals surface area contributed by atoms with E-state index >= 15 is 0 Å². The van der Waals surface area contributed by atoms with Crippen LogP contribution >= 0.6 is 0 Å². The third-order valence-electron chi connectivity index (χ3n) is 7.03. The Balaban J connectivity index is 3.15. The van der Waals surface area contributed by atoms with Gasteiger partial charge in [0.05, 0.1) is 6.04 Å². The van der Waals surface area contributed by atoms with Crippen molar-refractivity contribution < 1.29 is 24.0 Å². The summed E-state index contributed by atoms with van der Waals surface area (Å²) in [5.74, 6) is -2.83. The number of rotatable bonds is 20. The van der Waals surface area contributed by atoms with Gasteiger partial charge in [-0.3, -0.25) is 29.0 Å². The summed E-state index contributed by atoms with van der Waals surface area (Å²) in [7, 11) is 1.64. The van der Waals surface area contributed by atoms with Crippen molar-refractivity contribution in [3.05, 3.63) is 35.9 Å². The van der Waals surface area contributed by atoms with Crippen molar-refractivity contribution in [1.29, 1.82) is 0 Å². The zero-order chi connectivity index (χ0) is 34.1. The minimum absolute atomic E-state index is 0.00714. The number of aliphatic imine (C=N–C) groups is 1. The van der Waals surface area contributed by atoms with E-state index in [1.165, 1.54) is 0 Å². The van der Waals surface area contributed by atoms with Crippen LogP contribution in [0.25, 0.3) is 0 Å². The fourth-order valence-corrected chi connectivity index (χ4v) is 4.50. The summed E-state index contributed by atoms with van der Waals surface area (Å²) in [6.45, 7) is 9.52. The summed E-state index contributed by atoms with van der Waals surface area (Å²) >= 11 is 0. The number of amides is 5. The second-order valence-electron chi connectivity index (χ2n) is 12.1. The summed E-state index contributed by atoms with van der Waals surface area (Å²) in [6.07, 6.45) is 1.35. The molecule has 0 aromatic heterocycles. The highest BCUT2D eigenvalue weighted by Crippen LogP contribution is 2.11. The molecule has 1 aromatic carbocycles. The van der Waals surface area contributed by atoms with Crippen molar-refractivity contribution in [3.8, 4) is 0 Å². The second kappa shape index (κ2) is 20.0. The van der Waals surface area contributed by atoms with E-state index in [1.807, 2.05) is 58.0 Å². The molecule has 11 N–H and O–H groups in total. The summed E-state index contributed by atoms with van der Waals surface area (Å²) in [4.78, 5) is 69.2. The summed E-state index contributed by atoms with van der Waals surface area (Å²) < 4.78 is 0. The molecule has 0 saturated carbocycles. The van der Waals surface area contributed by atoms with Crippen LogP contribution in [0.5, 0.6) is 0 Å². The second-order valence-corrected chi connectivity index (χ2v) is 12.1. The molecular formula is C31H53N9O5. The monoisotopic (exact) mass is 631 g/mol. The summed E-state index contributed by atoms with van der Waals surface area (Å²) in [5, 5.41) is 13.9. The van der Waals surface area contributed by atoms with Gasteiger partial charge in [-0.1, -0.05) is 58.0 Å². The molecule has 0 aliphatic heterocycles. The minimum atomic E-state index is -1.00. The van der Waals surface area contributed by atoms with Gasteiger partial charge in [-0.15, -0.1) is 0 Å². The molecule has 0 radical (unpaired) electrons. The molecule has 0 aliphatic carbocycles. The van der Waals surface area contributed by atoms with Gasteiger partial charge in [0, 0.05) is 13.0 Å². The Bertz CT molecular complexity index is 1140. The predicted octanol–water partition coefficient (Wildman–Crippen LogP) is -0.593. The Morgan fingerprint density at radius 1 is 0.689 bits per heavy atom. The van der Waals surface area contributed by atoms with E-state index in [1.54, 1.807) is 14.0 Å². The Kier molecular flexibility index (Phi) is 17.2. The lowest BCUT2D eigenvalue weighted by Crippen LogP contribution is -2.59. The Hall–Kier alpha value is -4.20. The van der Waals surface area contributed by atoms with Crippen LogP contribution in [0.1, 0.15) is 65.9 Å². The molecule has 14 nitrogen and oxygen atoms in total. The molecule has 0 aliphatic rings. The quantitative estimate of drug-likeness (QED) is 0.0524. The lowest BCUT2D eigenvalue weighted by Gasteiger charge is -2.28. The smallest absolute Gasteiger partial charge is 0.243 e. The van der Waals surface area contributed by atoms with Crippen molar-refractivity contribution in [3.63, 3.8) is 0 Å². The van der Waals surface area contributed by atoms with Crippen LogP contribution in [-0.4, -0.2) is 79.3 Å². The van der Waals surface area contributed by atoms with E-state index in [9.17, 15) is 24.0 Å². The van der Waals surface area contributed by atoms with Gasteiger partial charge in [-0.2, -0.15) is 0 Å². The van der Waals surface area contributed by atoms with E-state index in [4.69, 9.17) is 17.2 Å². The average Bonchev–Trinajstić information content (AvgIpc) is 2.96. The Morgan fingerprint density at radius 3 is 1.60 bits per heavy atom. The third-order valence-corrected chi connectivity index (χ3v) is 7.03. The molecule has 45 heavy (non-hydrogen) atoms. The molecule has 0 bridgehead atoms.